The number of para-hydroxylation sites is 1. The van der Waals surface area contributed by atoms with Gasteiger partial charge < -0.3 is 0 Å². The number of benzene rings is 8. The first-order valence-corrected chi connectivity index (χ1v) is 19.5. The standard InChI is InChI=1S/C48H27N3S2/c1-2-14-28(15-3-1)29-26-27-33(31-17-5-4-16-30(29)31)43-47-44(37-22-10-13-25-40(37)53-47)50-48(49-43)51-38-23-11-8-20-35(38)42-45(51)34-19-7-6-18-32(34)41-36-21-9-12-24-39(36)52-46(41)42/h1-27H. The van der Waals surface area contributed by atoms with Gasteiger partial charge in [-0.2, -0.15) is 0 Å². The molecule has 0 bridgehead atoms. The fourth-order valence-corrected chi connectivity index (χ4v) is 11.0. The molecule has 12 rings (SSSR count). The summed E-state index contributed by atoms with van der Waals surface area (Å²) >= 11 is 3.66. The van der Waals surface area contributed by atoms with Crippen LogP contribution < -0.4 is 0 Å². The van der Waals surface area contributed by atoms with E-state index in [0.717, 1.165) is 37.9 Å². The van der Waals surface area contributed by atoms with Gasteiger partial charge in [0.15, 0.2) is 0 Å². The van der Waals surface area contributed by atoms with Crippen LogP contribution in [0.5, 0.6) is 0 Å². The lowest BCUT2D eigenvalue weighted by Gasteiger charge is -2.14. The Labute approximate surface area is 311 Å². The Morgan fingerprint density at radius 1 is 0.396 bits per heavy atom. The number of fused-ring (bicyclic) bond motifs is 14. The van der Waals surface area contributed by atoms with Crippen molar-refractivity contribution in [2.45, 2.75) is 0 Å². The number of rotatable bonds is 3. The van der Waals surface area contributed by atoms with E-state index >= 15 is 0 Å². The minimum Gasteiger partial charge on any atom is -0.277 e. The van der Waals surface area contributed by atoms with Crippen molar-refractivity contribution >= 4 is 106 Å². The van der Waals surface area contributed by atoms with Crippen LogP contribution in [0.4, 0.5) is 0 Å². The van der Waals surface area contributed by atoms with Crippen LogP contribution in [-0.4, -0.2) is 14.5 Å². The first-order chi connectivity index (χ1) is 26.3. The lowest BCUT2D eigenvalue weighted by atomic mass is 9.93. The Morgan fingerprint density at radius 2 is 0.962 bits per heavy atom. The average molecular weight is 710 g/mol. The van der Waals surface area contributed by atoms with Crippen LogP contribution in [0, 0.1) is 0 Å². The zero-order chi connectivity index (χ0) is 34.6. The molecule has 0 unspecified atom stereocenters. The van der Waals surface area contributed by atoms with Gasteiger partial charge in [0.25, 0.3) is 0 Å². The maximum absolute atomic E-state index is 5.66. The molecule has 8 aromatic carbocycles. The number of hydrogen-bond acceptors (Lipinski definition) is 4. The summed E-state index contributed by atoms with van der Waals surface area (Å²) < 4.78 is 7.25. The summed E-state index contributed by atoms with van der Waals surface area (Å²) in [5.41, 5.74) is 7.73. The molecule has 3 nitrogen and oxygen atoms in total. The van der Waals surface area contributed by atoms with Gasteiger partial charge in [-0.1, -0.05) is 146 Å². The summed E-state index contributed by atoms with van der Waals surface area (Å²) in [5.74, 6) is 0.684. The topological polar surface area (TPSA) is 30.7 Å². The molecular formula is C48H27N3S2. The van der Waals surface area contributed by atoms with Crippen molar-refractivity contribution in [2.75, 3.05) is 0 Å². The zero-order valence-electron chi connectivity index (χ0n) is 28.2. The maximum Gasteiger partial charge on any atom is 0.235 e. The SMILES string of the molecule is c1ccc(-c2ccc(-c3nc(-n4c5ccccc5c5c6sc7ccccc7c6c6ccccc6c54)nc4c3sc3ccccc34)c3ccccc23)cc1. The Bertz CT molecular complexity index is 3460. The minimum atomic E-state index is 0.684. The van der Waals surface area contributed by atoms with Crippen LogP contribution in [0.2, 0.25) is 0 Å². The van der Waals surface area contributed by atoms with Gasteiger partial charge in [-0.25, -0.2) is 9.97 Å². The molecule has 246 valence electrons. The molecule has 0 atom stereocenters. The highest BCUT2D eigenvalue weighted by molar-refractivity contribution is 7.27. The molecule has 0 radical (unpaired) electrons. The molecule has 0 fully saturated rings. The van der Waals surface area contributed by atoms with Gasteiger partial charge in [-0.15, -0.1) is 22.7 Å². The quantitative estimate of drug-likeness (QED) is 0.183. The van der Waals surface area contributed by atoms with Crippen molar-refractivity contribution in [3.8, 4) is 28.3 Å². The normalized spacial score (nSPS) is 12.2. The number of aromatic nitrogens is 3. The Hall–Kier alpha value is -6.40. The van der Waals surface area contributed by atoms with Crippen molar-refractivity contribution in [3.05, 3.63) is 164 Å². The second kappa shape index (κ2) is 11.1. The summed E-state index contributed by atoms with van der Waals surface area (Å²) in [5, 5.41) is 11.1. The van der Waals surface area contributed by atoms with E-state index in [2.05, 4.69) is 168 Å². The summed E-state index contributed by atoms with van der Waals surface area (Å²) in [7, 11) is 0. The Morgan fingerprint density at radius 3 is 1.75 bits per heavy atom. The van der Waals surface area contributed by atoms with E-state index in [0.29, 0.717) is 5.95 Å². The van der Waals surface area contributed by atoms with Crippen LogP contribution in [0.15, 0.2) is 164 Å². The maximum atomic E-state index is 5.66. The van der Waals surface area contributed by atoms with E-state index < -0.39 is 0 Å². The highest BCUT2D eigenvalue weighted by atomic mass is 32.1. The Balaban J connectivity index is 1.25. The molecule has 4 aromatic heterocycles. The van der Waals surface area contributed by atoms with E-state index in [1.165, 1.54) is 68.3 Å². The summed E-state index contributed by atoms with van der Waals surface area (Å²) in [6.07, 6.45) is 0. The second-order valence-corrected chi connectivity index (χ2v) is 15.7. The first kappa shape index (κ1) is 29.2. The monoisotopic (exact) mass is 709 g/mol. The van der Waals surface area contributed by atoms with Gasteiger partial charge in [0.1, 0.15) is 0 Å². The van der Waals surface area contributed by atoms with Gasteiger partial charge in [-0.3, -0.25) is 4.57 Å². The summed E-state index contributed by atoms with van der Waals surface area (Å²) in [4.78, 5) is 11.2. The molecule has 0 aliphatic carbocycles. The smallest absolute Gasteiger partial charge is 0.235 e. The van der Waals surface area contributed by atoms with Crippen LogP contribution >= 0.6 is 22.7 Å². The number of hydrogen-bond donors (Lipinski definition) is 0. The van der Waals surface area contributed by atoms with Crippen LogP contribution in [0.25, 0.3) is 112 Å². The van der Waals surface area contributed by atoms with E-state index in [1.807, 2.05) is 11.3 Å². The lowest BCUT2D eigenvalue weighted by molar-refractivity contribution is 1.02. The largest absolute Gasteiger partial charge is 0.277 e. The first-order valence-electron chi connectivity index (χ1n) is 17.8. The predicted molar refractivity (Wildman–Crippen MR) is 228 cm³/mol. The van der Waals surface area contributed by atoms with E-state index in [4.69, 9.17) is 9.97 Å². The lowest BCUT2D eigenvalue weighted by Crippen LogP contribution is -2.03. The fraction of sp³-hybridized carbons (Fsp3) is 0. The average Bonchev–Trinajstić information content (AvgIpc) is 3.91. The molecule has 0 N–H and O–H groups in total. The van der Waals surface area contributed by atoms with Gasteiger partial charge in [-0.05, 0) is 45.5 Å². The van der Waals surface area contributed by atoms with Gasteiger partial charge >= 0.3 is 0 Å². The summed E-state index contributed by atoms with van der Waals surface area (Å²) in [6.45, 7) is 0. The minimum absolute atomic E-state index is 0.684. The van der Waals surface area contributed by atoms with E-state index in [1.54, 1.807) is 11.3 Å². The van der Waals surface area contributed by atoms with Crippen LogP contribution in [0.3, 0.4) is 0 Å². The highest BCUT2D eigenvalue weighted by Crippen LogP contribution is 2.49. The molecule has 4 heterocycles. The fourth-order valence-electron chi connectivity index (χ4n) is 8.57. The van der Waals surface area contributed by atoms with Crippen molar-refractivity contribution in [1.82, 2.24) is 14.5 Å². The van der Waals surface area contributed by atoms with Crippen LogP contribution in [0.1, 0.15) is 0 Å². The van der Waals surface area contributed by atoms with Crippen molar-refractivity contribution in [3.63, 3.8) is 0 Å². The molecule has 0 saturated heterocycles. The van der Waals surface area contributed by atoms with E-state index in [-0.39, 0.29) is 0 Å². The Kier molecular flexibility index (Phi) is 6.09. The van der Waals surface area contributed by atoms with E-state index in [9.17, 15) is 0 Å². The summed E-state index contributed by atoms with van der Waals surface area (Å²) in [6, 6.07) is 59.1. The van der Waals surface area contributed by atoms with Crippen molar-refractivity contribution in [2.24, 2.45) is 0 Å². The molecule has 0 amide bonds. The van der Waals surface area contributed by atoms with Crippen LogP contribution in [-0.2, 0) is 0 Å². The molecule has 0 spiro atoms. The highest BCUT2D eigenvalue weighted by Gasteiger charge is 2.25. The van der Waals surface area contributed by atoms with Crippen molar-refractivity contribution < 1.29 is 0 Å². The molecule has 12 aromatic rings. The molecule has 53 heavy (non-hydrogen) atoms. The molecule has 0 aliphatic heterocycles. The van der Waals surface area contributed by atoms with Gasteiger partial charge in [0.2, 0.25) is 5.95 Å². The third-order valence-corrected chi connectivity index (χ3v) is 13.2. The zero-order valence-corrected chi connectivity index (χ0v) is 29.9. The molecular weight excluding hydrogens is 683 g/mol. The van der Waals surface area contributed by atoms with Gasteiger partial charge in [0, 0.05) is 52.0 Å². The van der Waals surface area contributed by atoms with Gasteiger partial charge in [0.05, 0.1) is 26.9 Å². The predicted octanol–water partition coefficient (Wildman–Crippen LogP) is 13.9. The molecule has 5 heteroatoms. The third-order valence-electron chi connectivity index (χ3n) is 10.8. The molecule has 0 saturated carbocycles. The number of nitrogens with zero attached hydrogens (tertiary/aromatic N) is 3. The number of thiophene rings is 2. The second-order valence-electron chi connectivity index (χ2n) is 13.6. The third kappa shape index (κ3) is 4.09. The van der Waals surface area contributed by atoms with Crippen molar-refractivity contribution in [1.29, 1.82) is 0 Å². The molecule has 0 aliphatic rings.